The van der Waals surface area contributed by atoms with Crippen LogP contribution in [0.3, 0.4) is 0 Å². The molecule has 3 aromatic rings. The number of anilines is 1. The molecule has 0 saturated carbocycles. The van der Waals surface area contributed by atoms with Crippen LogP contribution in [0.15, 0.2) is 52.5 Å². The first-order valence-electron chi connectivity index (χ1n) is 10.2. The van der Waals surface area contributed by atoms with Crippen LogP contribution >= 0.6 is 28.1 Å². The van der Waals surface area contributed by atoms with E-state index >= 15 is 0 Å². The molecule has 1 aliphatic rings. The summed E-state index contributed by atoms with van der Waals surface area (Å²) < 4.78 is 17.0. The highest BCUT2D eigenvalue weighted by Gasteiger charge is 2.35. The van der Waals surface area contributed by atoms with Crippen LogP contribution in [0.1, 0.15) is 28.1 Å². The van der Waals surface area contributed by atoms with Gasteiger partial charge in [-0.05, 0) is 87.4 Å². The Morgan fingerprint density at radius 3 is 2.36 bits per heavy atom. The van der Waals surface area contributed by atoms with Gasteiger partial charge in [0.15, 0.2) is 5.11 Å². The zero-order valence-electron chi connectivity index (χ0n) is 18.5. The number of carbonyl (C=O) groups is 2. The van der Waals surface area contributed by atoms with Gasteiger partial charge in [0.25, 0.3) is 11.8 Å². The third-order valence-corrected chi connectivity index (χ3v) is 6.39. The molecular formula is C25H21BrFN3O2S. The van der Waals surface area contributed by atoms with Crippen molar-refractivity contribution in [3.05, 3.63) is 86.4 Å². The van der Waals surface area contributed by atoms with Gasteiger partial charge >= 0.3 is 0 Å². The van der Waals surface area contributed by atoms with Crippen molar-refractivity contribution in [2.45, 2.75) is 27.7 Å². The summed E-state index contributed by atoms with van der Waals surface area (Å²) in [5.41, 5.74) is 4.99. The molecule has 0 spiro atoms. The minimum atomic E-state index is -0.564. The van der Waals surface area contributed by atoms with Crippen LogP contribution in [0.5, 0.6) is 0 Å². The van der Waals surface area contributed by atoms with Crippen molar-refractivity contribution in [2.75, 3.05) is 4.90 Å². The summed E-state index contributed by atoms with van der Waals surface area (Å²) in [5.74, 6) is -1.45. The lowest BCUT2D eigenvalue weighted by Crippen LogP contribution is -2.54. The molecule has 5 nitrogen and oxygen atoms in total. The SMILES string of the molecule is Cc1ccc(N2C(=O)/C(=C/c3cc(C)n(-c4ccc(Br)cc4F)c3C)C(=O)NC2=S)c(C)c1. The van der Waals surface area contributed by atoms with Crippen molar-refractivity contribution in [3.8, 4) is 5.69 Å². The topological polar surface area (TPSA) is 54.3 Å². The highest BCUT2D eigenvalue weighted by atomic mass is 79.9. The van der Waals surface area contributed by atoms with Gasteiger partial charge in [-0.2, -0.15) is 0 Å². The molecule has 0 bridgehead atoms. The Morgan fingerprint density at radius 2 is 1.70 bits per heavy atom. The number of nitrogens with zero attached hydrogens (tertiary/aromatic N) is 2. The number of halogens is 2. The van der Waals surface area contributed by atoms with E-state index in [0.29, 0.717) is 27.1 Å². The Kier molecular flexibility index (Phi) is 6.07. The fraction of sp³-hybridized carbons (Fsp3) is 0.160. The molecule has 0 unspecified atom stereocenters. The zero-order valence-corrected chi connectivity index (χ0v) is 20.9. The largest absolute Gasteiger partial charge is 0.315 e. The number of aryl methyl sites for hydroxylation is 3. The van der Waals surface area contributed by atoms with Gasteiger partial charge in [-0.1, -0.05) is 33.6 Å². The van der Waals surface area contributed by atoms with E-state index in [1.165, 1.54) is 17.0 Å². The summed E-state index contributed by atoms with van der Waals surface area (Å²) >= 11 is 8.58. The van der Waals surface area contributed by atoms with Crippen LogP contribution in [0.2, 0.25) is 0 Å². The third-order valence-electron chi connectivity index (χ3n) is 5.62. The lowest BCUT2D eigenvalue weighted by atomic mass is 10.0. The van der Waals surface area contributed by atoms with Crippen LogP contribution < -0.4 is 10.2 Å². The number of nitrogens with one attached hydrogen (secondary N) is 1. The second kappa shape index (κ2) is 8.68. The maximum atomic E-state index is 14.6. The summed E-state index contributed by atoms with van der Waals surface area (Å²) in [6.07, 6.45) is 1.53. The molecular weight excluding hydrogens is 505 g/mol. The lowest BCUT2D eigenvalue weighted by Gasteiger charge is -2.30. The summed E-state index contributed by atoms with van der Waals surface area (Å²) in [6.45, 7) is 7.51. The molecule has 0 atom stereocenters. The van der Waals surface area contributed by atoms with Gasteiger partial charge < -0.3 is 4.57 Å². The van der Waals surface area contributed by atoms with E-state index in [0.717, 1.165) is 16.8 Å². The third kappa shape index (κ3) is 4.16. The molecule has 1 aliphatic heterocycles. The number of thiocarbonyl (C=S) groups is 1. The number of hydrogen-bond donors (Lipinski definition) is 1. The number of benzene rings is 2. The molecule has 4 rings (SSSR count). The fourth-order valence-electron chi connectivity index (χ4n) is 4.06. The van der Waals surface area contributed by atoms with Gasteiger partial charge in [0, 0.05) is 15.9 Å². The van der Waals surface area contributed by atoms with Gasteiger partial charge in [-0.15, -0.1) is 0 Å². The van der Waals surface area contributed by atoms with Crippen LogP contribution in [-0.2, 0) is 9.59 Å². The molecule has 0 aliphatic carbocycles. The minimum Gasteiger partial charge on any atom is -0.315 e. The monoisotopic (exact) mass is 525 g/mol. The standard InChI is InChI=1S/C25H21BrFN3O2S/c1-13-5-7-21(14(2)9-13)30-24(32)19(23(31)28-25(30)33)11-17-10-15(3)29(16(17)4)22-8-6-18(26)12-20(22)27/h5-12H,1-4H3,(H,28,31,33)/b19-11+. The molecule has 2 amide bonds. The first-order chi connectivity index (χ1) is 15.6. The van der Waals surface area contributed by atoms with Crippen LogP contribution in [0.25, 0.3) is 11.8 Å². The van der Waals surface area contributed by atoms with Crippen LogP contribution in [-0.4, -0.2) is 21.5 Å². The van der Waals surface area contributed by atoms with Crippen molar-refractivity contribution in [2.24, 2.45) is 0 Å². The second-order valence-electron chi connectivity index (χ2n) is 8.01. The van der Waals surface area contributed by atoms with Crippen molar-refractivity contribution in [1.82, 2.24) is 9.88 Å². The molecule has 2 aromatic carbocycles. The van der Waals surface area contributed by atoms with E-state index < -0.39 is 11.8 Å². The first-order valence-corrected chi connectivity index (χ1v) is 11.4. The molecule has 1 fully saturated rings. The molecule has 2 heterocycles. The molecule has 1 aromatic heterocycles. The number of aromatic nitrogens is 1. The van der Waals surface area contributed by atoms with E-state index in [9.17, 15) is 14.0 Å². The van der Waals surface area contributed by atoms with Gasteiger partial charge in [0.2, 0.25) is 0 Å². The Morgan fingerprint density at radius 1 is 1.00 bits per heavy atom. The van der Waals surface area contributed by atoms with Crippen molar-refractivity contribution < 1.29 is 14.0 Å². The van der Waals surface area contributed by atoms with Gasteiger partial charge in [-0.3, -0.25) is 19.8 Å². The number of carbonyl (C=O) groups excluding carboxylic acids is 2. The Bertz CT molecular complexity index is 1380. The predicted octanol–water partition coefficient (Wildman–Crippen LogP) is 5.44. The number of rotatable bonds is 3. The summed E-state index contributed by atoms with van der Waals surface area (Å²) in [4.78, 5) is 27.4. The highest BCUT2D eigenvalue weighted by molar-refractivity contribution is 9.10. The minimum absolute atomic E-state index is 0.0384. The summed E-state index contributed by atoms with van der Waals surface area (Å²) in [7, 11) is 0. The molecule has 1 saturated heterocycles. The summed E-state index contributed by atoms with van der Waals surface area (Å²) in [6, 6.07) is 12.3. The zero-order chi connectivity index (χ0) is 24.0. The van der Waals surface area contributed by atoms with Crippen molar-refractivity contribution in [3.63, 3.8) is 0 Å². The smallest absolute Gasteiger partial charge is 0.270 e. The maximum Gasteiger partial charge on any atom is 0.270 e. The Balaban J connectivity index is 1.79. The predicted molar refractivity (Wildman–Crippen MR) is 135 cm³/mol. The van der Waals surface area contributed by atoms with Gasteiger partial charge in [-0.25, -0.2) is 4.39 Å². The van der Waals surface area contributed by atoms with E-state index in [4.69, 9.17) is 12.2 Å². The normalized spacial score (nSPS) is 15.4. The lowest BCUT2D eigenvalue weighted by molar-refractivity contribution is -0.122. The first kappa shape index (κ1) is 23.1. The fourth-order valence-corrected chi connectivity index (χ4v) is 4.66. The Labute approximate surface area is 205 Å². The summed E-state index contributed by atoms with van der Waals surface area (Å²) in [5, 5.41) is 2.65. The molecule has 33 heavy (non-hydrogen) atoms. The molecule has 0 radical (unpaired) electrons. The molecule has 1 N–H and O–H groups in total. The average molecular weight is 526 g/mol. The van der Waals surface area contributed by atoms with Gasteiger partial charge in [0.05, 0.1) is 11.4 Å². The van der Waals surface area contributed by atoms with Crippen LogP contribution in [0.4, 0.5) is 10.1 Å². The number of hydrogen-bond acceptors (Lipinski definition) is 3. The van der Waals surface area contributed by atoms with Crippen molar-refractivity contribution in [1.29, 1.82) is 0 Å². The molecule has 168 valence electrons. The highest BCUT2D eigenvalue weighted by Crippen LogP contribution is 2.29. The van der Waals surface area contributed by atoms with Crippen LogP contribution in [0, 0.1) is 33.5 Å². The van der Waals surface area contributed by atoms with Crippen molar-refractivity contribution >= 4 is 56.8 Å². The van der Waals surface area contributed by atoms with E-state index in [2.05, 4.69) is 21.2 Å². The van der Waals surface area contributed by atoms with E-state index in [1.807, 2.05) is 52.0 Å². The molecule has 8 heteroatoms. The quantitative estimate of drug-likeness (QED) is 0.281. The second-order valence-corrected chi connectivity index (χ2v) is 9.31. The number of amides is 2. The van der Waals surface area contributed by atoms with E-state index in [1.54, 1.807) is 16.7 Å². The van der Waals surface area contributed by atoms with Gasteiger partial charge in [0.1, 0.15) is 11.4 Å². The Hall–Kier alpha value is -3.10. The average Bonchev–Trinajstić information content (AvgIpc) is 3.00. The maximum absolute atomic E-state index is 14.6. The van der Waals surface area contributed by atoms with E-state index in [-0.39, 0.29) is 16.5 Å².